The predicted octanol–water partition coefficient (Wildman–Crippen LogP) is 2.30. The third-order valence-electron chi connectivity index (χ3n) is 4.94. The highest BCUT2D eigenvalue weighted by Crippen LogP contribution is 2.39. The third-order valence-corrected chi connectivity index (χ3v) is 5.89. The zero-order valence-corrected chi connectivity index (χ0v) is 15.1. The van der Waals surface area contributed by atoms with Gasteiger partial charge in [-0.15, -0.1) is 0 Å². The van der Waals surface area contributed by atoms with Gasteiger partial charge in [0.25, 0.3) is 0 Å². The second-order valence-corrected chi connectivity index (χ2v) is 7.71. The molecule has 0 N–H and O–H groups in total. The van der Waals surface area contributed by atoms with Gasteiger partial charge in [-0.3, -0.25) is 4.98 Å². The van der Waals surface area contributed by atoms with E-state index in [1.54, 1.807) is 0 Å². The molecule has 0 aliphatic carbocycles. The number of fused-ring (bicyclic) bond motifs is 1. The second kappa shape index (κ2) is 6.71. The maximum absolute atomic E-state index is 4.86. The molecule has 2 saturated heterocycles. The minimum Gasteiger partial charge on any atom is -0.352 e. The molecule has 2 fully saturated rings. The lowest BCUT2D eigenvalue weighted by Gasteiger charge is -2.32. The number of rotatable bonds is 3. The van der Waals surface area contributed by atoms with Crippen LogP contribution in [0.5, 0.6) is 0 Å². The minimum atomic E-state index is 0.209. The van der Waals surface area contributed by atoms with Gasteiger partial charge in [0.2, 0.25) is 11.3 Å². The topological polar surface area (TPSA) is 84.1 Å². The van der Waals surface area contributed by atoms with Crippen molar-refractivity contribution in [2.24, 2.45) is 0 Å². The molecular formula is C17H19N7OS. The normalized spacial score (nSPS) is 20.8. The Kier molecular flexibility index (Phi) is 4.08. The molecule has 1 unspecified atom stereocenters. The summed E-state index contributed by atoms with van der Waals surface area (Å²) in [5.74, 6) is 3.95. The fraction of sp³-hybridized carbons (Fsp3) is 0.471. The number of pyridine rings is 1. The molecule has 3 aromatic heterocycles. The molecule has 5 rings (SSSR count). The molecule has 0 saturated carbocycles. The van der Waals surface area contributed by atoms with Crippen LogP contribution in [0.25, 0.3) is 11.3 Å². The van der Waals surface area contributed by atoms with Crippen molar-refractivity contribution in [1.82, 2.24) is 25.3 Å². The molecule has 3 aromatic rings. The SMILES string of the molecule is c1ccc(C2CCCN2c2nc3nonc3nc2N2CCSCC2)nc1. The Hall–Kier alpha value is -2.42. The molecule has 9 heteroatoms. The number of aromatic nitrogens is 5. The molecule has 0 amide bonds. The van der Waals surface area contributed by atoms with Crippen LogP contribution in [0.2, 0.25) is 0 Å². The Bertz CT molecular complexity index is 897. The van der Waals surface area contributed by atoms with Crippen LogP contribution < -0.4 is 9.80 Å². The van der Waals surface area contributed by atoms with Gasteiger partial charge in [-0.1, -0.05) is 6.07 Å². The van der Waals surface area contributed by atoms with Crippen molar-refractivity contribution in [3.63, 3.8) is 0 Å². The van der Waals surface area contributed by atoms with Crippen LogP contribution >= 0.6 is 11.8 Å². The molecule has 8 nitrogen and oxygen atoms in total. The molecule has 2 aliphatic heterocycles. The first kappa shape index (κ1) is 15.8. The summed E-state index contributed by atoms with van der Waals surface area (Å²) in [6, 6.07) is 6.29. The lowest BCUT2D eigenvalue weighted by molar-refractivity contribution is 0.314. The van der Waals surface area contributed by atoms with E-state index in [0.29, 0.717) is 11.3 Å². The van der Waals surface area contributed by atoms with Crippen LogP contribution in [-0.2, 0) is 0 Å². The van der Waals surface area contributed by atoms with Gasteiger partial charge in [-0.05, 0) is 35.3 Å². The average molecular weight is 369 g/mol. The van der Waals surface area contributed by atoms with Crippen LogP contribution in [0.4, 0.5) is 11.6 Å². The van der Waals surface area contributed by atoms with Gasteiger partial charge >= 0.3 is 0 Å². The summed E-state index contributed by atoms with van der Waals surface area (Å²) in [5, 5.41) is 7.81. The van der Waals surface area contributed by atoms with Gasteiger partial charge in [0, 0.05) is 37.3 Å². The summed E-state index contributed by atoms with van der Waals surface area (Å²) < 4.78 is 4.86. The Morgan fingerprint density at radius 3 is 2.58 bits per heavy atom. The van der Waals surface area contributed by atoms with Gasteiger partial charge in [-0.2, -0.15) is 11.8 Å². The molecule has 0 bridgehead atoms. The van der Waals surface area contributed by atoms with Crippen molar-refractivity contribution in [3.8, 4) is 0 Å². The van der Waals surface area contributed by atoms with E-state index < -0.39 is 0 Å². The highest BCUT2D eigenvalue weighted by Gasteiger charge is 2.32. The number of thioether (sulfide) groups is 1. The number of hydrogen-bond acceptors (Lipinski definition) is 9. The fourth-order valence-electron chi connectivity index (χ4n) is 3.70. The van der Waals surface area contributed by atoms with Gasteiger partial charge in [0.05, 0.1) is 11.7 Å². The van der Waals surface area contributed by atoms with Crippen molar-refractivity contribution in [3.05, 3.63) is 30.1 Å². The summed E-state index contributed by atoms with van der Waals surface area (Å²) in [7, 11) is 0. The first-order chi connectivity index (χ1) is 12.9. The lowest BCUT2D eigenvalue weighted by atomic mass is 10.1. The monoisotopic (exact) mass is 369 g/mol. The highest BCUT2D eigenvalue weighted by atomic mass is 32.2. The van der Waals surface area contributed by atoms with E-state index in [9.17, 15) is 0 Å². The van der Waals surface area contributed by atoms with E-state index in [2.05, 4.69) is 31.2 Å². The number of anilines is 2. The van der Waals surface area contributed by atoms with E-state index in [-0.39, 0.29) is 6.04 Å². The molecule has 0 radical (unpaired) electrons. The van der Waals surface area contributed by atoms with Crippen LogP contribution in [-0.4, -0.2) is 56.4 Å². The summed E-state index contributed by atoms with van der Waals surface area (Å²) in [4.78, 5) is 18.7. The summed E-state index contributed by atoms with van der Waals surface area (Å²) >= 11 is 1.97. The Morgan fingerprint density at radius 2 is 1.81 bits per heavy atom. The molecule has 1 atom stereocenters. The molecule has 0 aromatic carbocycles. The van der Waals surface area contributed by atoms with E-state index in [4.69, 9.17) is 14.6 Å². The van der Waals surface area contributed by atoms with Crippen molar-refractivity contribution in [2.75, 3.05) is 40.9 Å². The van der Waals surface area contributed by atoms with Crippen molar-refractivity contribution >= 4 is 34.7 Å². The smallest absolute Gasteiger partial charge is 0.245 e. The van der Waals surface area contributed by atoms with E-state index >= 15 is 0 Å². The van der Waals surface area contributed by atoms with Crippen molar-refractivity contribution in [1.29, 1.82) is 0 Å². The molecule has 5 heterocycles. The van der Waals surface area contributed by atoms with Gasteiger partial charge in [-0.25, -0.2) is 14.6 Å². The maximum Gasteiger partial charge on any atom is 0.245 e. The van der Waals surface area contributed by atoms with E-state index in [1.807, 2.05) is 30.1 Å². The van der Waals surface area contributed by atoms with Crippen LogP contribution in [0.3, 0.4) is 0 Å². The van der Waals surface area contributed by atoms with Gasteiger partial charge in [0.15, 0.2) is 11.6 Å². The summed E-state index contributed by atoms with van der Waals surface area (Å²) in [5.41, 5.74) is 2.00. The van der Waals surface area contributed by atoms with Crippen LogP contribution in [0.1, 0.15) is 24.6 Å². The van der Waals surface area contributed by atoms with Crippen molar-refractivity contribution < 1.29 is 4.63 Å². The third kappa shape index (κ3) is 2.76. The van der Waals surface area contributed by atoms with Gasteiger partial charge < -0.3 is 9.80 Å². The first-order valence-electron chi connectivity index (χ1n) is 8.91. The van der Waals surface area contributed by atoms with Crippen LogP contribution in [0, 0.1) is 0 Å². The minimum absolute atomic E-state index is 0.209. The maximum atomic E-state index is 4.86. The molecule has 0 spiro atoms. The van der Waals surface area contributed by atoms with Gasteiger partial charge in [0.1, 0.15) is 0 Å². The Balaban J connectivity index is 1.60. The summed E-state index contributed by atoms with van der Waals surface area (Å²) in [6.07, 6.45) is 4.02. The van der Waals surface area contributed by atoms with Crippen LogP contribution in [0.15, 0.2) is 29.0 Å². The Labute approximate surface area is 155 Å². The molecule has 26 heavy (non-hydrogen) atoms. The average Bonchev–Trinajstić information content (AvgIpc) is 3.37. The fourth-order valence-corrected chi connectivity index (χ4v) is 4.60. The zero-order chi connectivity index (χ0) is 17.3. The zero-order valence-electron chi connectivity index (χ0n) is 14.3. The molecular weight excluding hydrogens is 350 g/mol. The standard InChI is InChI=1S/C17H19N7OS/c1-2-6-18-12(4-1)13-5-3-7-24(13)17-16(23-8-10-26-11-9-23)19-14-15(20-17)22-25-21-14/h1-2,4,6,13H,3,5,7-11H2. The molecule has 2 aliphatic rings. The van der Waals surface area contributed by atoms with E-state index in [0.717, 1.165) is 61.3 Å². The largest absolute Gasteiger partial charge is 0.352 e. The Morgan fingerprint density at radius 1 is 1.00 bits per heavy atom. The second-order valence-electron chi connectivity index (χ2n) is 6.49. The summed E-state index contributed by atoms with van der Waals surface area (Å²) in [6.45, 7) is 2.86. The number of nitrogens with zero attached hydrogens (tertiary/aromatic N) is 7. The predicted molar refractivity (Wildman–Crippen MR) is 100 cm³/mol. The van der Waals surface area contributed by atoms with E-state index in [1.165, 1.54) is 0 Å². The highest BCUT2D eigenvalue weighted by molar-refractivity contribution is 7.99. The molecule has 134 valence electrons. The van der Waals surface area contributed by atoms with Crippen molar-refractivity contribution in [2.45, 2.75) is 18.9 Å². The lowest BCUT2D eigenvalue weighted by Crippen LogP contribution is -2.36. The first-order valence-corrected chi connectivity index (χ1v) is 10.1. The quantitative estimate of drug-likeness (QED) is 0.690. The number of hydrogen-bond donors (Lipinski definition) is 0.